The van der Waals surface area contributed by atoms with Crippen molar-refractivity contribution in [3.05, 3.63) is 57.5 Å². The third kappa shape index (κ3) is 6.97. The van der Waals surface area contributed by atoms with Gasteiger partial charge in [0.2, 0.25) is 5.91 Å². The van der Waals surface area contributed by atoms with E-state index in [0.29, 0.717) is 26.5 Å². The fraction of sp³-hybridized carbons (Fsp3) is 0.318. The van der Waals surface area contributed by atoms with Gasteiger partial charge in [0.15, 0.2) is 6.61 Å². The molecule has 2 aromatic carbocycles. The Hall–Kier alpha value is -2.58. The molecule has 0 saturated heterocycles. The summed E-state index contributed by atoms with van der Waals surface area (Å²) >= 11 is 9.16. The highest BCUT2D eigenvalue weighted by molar-refractivity contribution is 9.10. The summed E-state index contributed by atoms with van der Waals surface area (Å²) in [6, 6.07) is 11.4. The summed E-state index contributed by atoms with van der Waals surface area (Å²) in [6.45, 7) is -0.285. The Kier molecular flexibility index (Phi) is 8.31. The van der Waals surface area contributed by atoms with E-state index >= 15 is 0 Å². The summed E-state index contributed by atoms with van der Waals surface area (Å²) < 4.78 is 6.00. The van der Waals surface area contributed by atoms with E-state index in [1.54, 1.807) is 42.5 Å². The molecule has 0 aliphatic heterocycles. The molecule has 3 amide bonds. The van der Waals surface area contributed by atoms with Crippen molar-refractivity contribution in [3.8, 4) is 5.75 Å². The number of ether oxygens (including phenoxy) is 1. The Morgan fingerprint density at radius 1 is 1.00 bits per heavy atom. The smallest absolute Gasteiger partial charge is 0.276 e. The van der Waals surface area contributed by atoms with Gasteiger partial charge < -0.3 is 10.1 Å². The van der Waals surface area contributed by atoms with Gasteiger partial charge in [-0.2, -0.15) is 0 Å². The Morgan fingerprint density at radius 3 is 2.39 bits per heavy atom. The predicted molar refractivity (Wildman–Crippen MR) is 122 cm³/mol. The first kappa shape index (κ1) is 23.1. The van der Waals surface area contributed by atoms with Crippen LogP contribution in [0.2, 0.25) is 5.02 Å². The van der Waals surface area contributed by atoms with Crippen molar-refractivity contribution in [2.45, 2.75) is 32.1 Å². The van der Waals surface area contributed by atoms with E-state index in [-0.39, 0.29) is 18.4 Å². The van der Waals surface area contributed by atoms with E-state index in [4.69, 9.17) is 16.3 Å². The van der Waals surface area contributed by atoms with Crippen LogP contribution in [0.4, 0.5) is 5.69 Å². The second-order valence-corrected chi connectivity index (χ2v) is 8.56. The van der Waals surface area contributed by atoms with E-state index in [1.807, 2.05) is 0 Å². The fourth-order valence-electron chi connectivity index (χ4n) is 3.28. The number of anilines is 1. The molecule has 1 fully saturated rings. The Bertz CT molecular complexity index is 946. The zero-order chi connectivity index (χ0) is 22.2. The number of hydrogen-bond acceptors (Lipinski definition) is 4. The first-order valence-corrected chi connectivity index (χ1v) is 11.2. The first-order valence-electron chi connectivity index (χ1n) is 10.0. The molecule has 164 valence electrons. The van der Waals surface area contributed by atoms with Crippen molar-refractivity contribution in [1.29, 1.82) is 0 Å². The van der Waals surface area contributed by atoms with Gasteiger partial charge in [0.25, 0.3) is 11.8 Å². The van der Waals surface area contributed by atoms with Crippen molar-refractivity contribution in [3.63, 3.8) is 0 Å². The van der Waals surface area contributed by atoms with Gasteiger partial charge in [0, 0.05) is 22.2 Å². The topological polar surface area (TPSA) is 96.5 Å². The van der Waals surface area contributed by atoms with Crippen LogP contribution < -0.4 is 20.9 Å². The van der Waals surface area contributed by atoms with Gasteiger partial charge in [-0.15, -0.1) is 0 Å². The zero-order valence-electron chi connectivity index (χ0n) is 16.8. The molecule has 31 heavy (non-hydrogen) atoms. The summed E-state index contributed by atoms with van der Waals surface area (Å²) in [4.78, 5) is 36.4. The average molecular weight is 509 g/mol. The highest BCUT2D eigenvalue weighted by atomic mass is 79.9. The molecule has 3 rings (SSSR count). The van der Waals surface area contributed by atoms with E-state index in [1.165, 1.54) is 6.42 Å². The molecular formula is C22H23BrClN3O4. The zero-order valence-corrected chi connectivity index (χ0v) is 19.1. The minimum Gasteiger partial charge on any atom is -0.483 e. The number of halogens is 2. The monoisotopic (exact) mass is 507 g/mol. The van der Waals surface area contributed by atoms with Crippen LogP contribution in [-0.2, 0) is 9.59 Å². The molecule has 0 heterocycles. The minimum absolute atomic E-state index is 0.0245. The largest absolute Gasteiger partial charge is 0.483 e. The van der Waals surface area contributed by atoms with Crippen LogP contribution in [0.5, 0.6) is 5.75 Å². The van der Waals surface area contributed by atoms with Crippen LogP contribution in [0.25, 0.3) is 0 Å². The summed E-state index contributed by atoms with van der Waals surface area (Å²) in [5.41, 5.74) is 5.61. The molecule has 0 bridgehead atoms. The molecule has 0 atom stereocenters. The number of nitrogens with one attached hydrogen (secondary N) is 3. The van der Waals surface area contributed by atoms with E-state index in [0.717, 1.165) is 25.7 Å². The maximum absolute atomic E-state index is 12.3. The van der Waals surface area contributed by atoms with Gasteiger partial charge in [-0.25, -0.2) is 0 Å². The molecule has 2 aromatic rings. The van der Waals surface area contributed by atoms with Crippen molar-refractivity contribution in [2.75, 3.05) is 11.9 Å². The highest BCUT2D eigenvalue weighted by Crippen LogP contribution is 2.28. The molecule has 1 aliphatic carbocycles. The number of hydrogen-bond donors (Lipinski definition) is 3. The van der Waals surface area contributed by atoms with Gasteiger partial charge in [0.05, 0.1) is 4.47 Å². The lowest BCUT2D eigenvalue weighted by Crippen LogP contribution is -2.43. The van der Waals surface area contributed by atoms with Crippen molar-refractivity contribution in [2.24, 2.45) is 5.92 Å². The third-order valence-corrected chi connectivity index (χ3v) is 5.81. The van der Waals surface area contributed by atoms with Crippen molar-refractivity contribution in [1.82, 2.24) is 10.9 Å². The van der Waals surface area contributed by atoms with Crippen LogP contribution in [-0.4, -0.2) is 24.3 Å². The van der Waals surface area contributed by atoms with Crippen LogP contribution in [0.1, 0.15) is 42.5 Å². The molecule has 1 saturated carbocycles. The standard InChI is InChI=1S/C22H23BrClN3O4/c23-18-12-16(24)8-11-19(18)31-13-20(28)26-27-22(30)15-6-9-17(10-7-15)25-21(29)14-4-2-1-3-5-14/h6-12,14H,1-5,13H2,(H,25,29)(H,26,28)(H,27,30). The lowest BCUT2D eigenvalue weighted by molar-refractivity contribution is -0.124. The van der Waals surface area contributed by atoms with Gasteiger partial charge in [-0.1, -0.05) is 30.9 Å². The van der Waals surface area contributed by atoms with Gasteiger partial charge in [0.1, 0.15) is 5.75 Å². The summed E-state index contributed by atoms with van der Waals surface area (Å²) in [5.74, 6) is -0.464. The number of carbonyl (C=O) groups excluding carboxylic acids is 3. The average Bonchev–Trinajstić information content (AvgIpc) is 2.78. The quantitative estimate of drug-likeness (QED) is 0.502. The van der Waals surface area contributed by atoms with Crippen LogP contribution >= 0.6 is 27.5 Å². The Morgan fingerprint density at radius 2 is 1.71 bits per heavy atom. The number of benzene rings is 2. The molecule has 0 aromatic heterocycles. The maximum Gasteiger partial charge on any atom is 0.276 e. The Balaban J connectivity index is 1.43. The normalized spacial score (nSPS) is 13.9. The van der Waals surface area contributed by atoms with E-state index < -0.39 is 11.8 Å². The van der Waals surface area contributed by atoms with Gasteiger partial charge in [-0.3, -0.25) is 25.2 Å². The number of amides is 3. The van der Waals surface area contributed by atoms with Crippen LogP contribution in [0.3, 0.4) is 0 Å². The molecule has 0 unspecified atom stereocenters. The van der Waals surface area contributed by atoms with E-state index in [2.05, 4.69) is 32.1 Å². The first-order chi connectivity index (χ1) is 14.9. The minimum atomic E-state index is -0.522. The van der Waals surface area contributed by atoms with Gasteiger partial charge >= 0.3 is 0 Å². The molecule has 9 heteroatoms. The van der Waals surface area contributed by atoms with Gasteiger partial charge in [-0.05, 0) is 71.2 Å². The lowest BCUT2D eigenvalue weighted by atomic mass is 9.88. The highest BCUT2D eigenvalue weighted by Gasteiger charge is 2.21. The molecule has 0 spiro atoms. The van der Waals surface area contributed by atoms with Crippen LogP contribution in [0.15, 0.2) is 46.9 Å². The summed E-state index contributed by atoms with van der Waals surface area (Å²) in [7, 11) is 0. The SMILES string of the molecule is O=C(COc1ccc(Cl)cc1Br)NNC(=O)c1ccc(NC(=O)C2CCCCC2)cc1. The van der Waals surface area contributed by atoms with E-state index in [9.17, 15) is 14.4 Å². The molecule has 1 aliphatic rings. The second-order valence-electron chi connectivity index (χ2n) is 7.27. The number of hydrazine groups is 1. The number of rotatable bonds is 6. The summed E-state index contributed by atoms with van der Waals surface area (Å²) in [5, 5.41) is 3.44. The summed E-state index contributed by atoms with van der Waals surface area (Å²) in [6.07, 6.45) is 5.21. The molecular weight excluding hydrogens is 486 g/mol. The molecule has 7 nitrogen and oxygen atoms in total. The molecule has 0 radical (unpaired) electrons. The van der Waals surface area contributed by atoms with Crippen molar-refractivity contribution < 1.29 is 19.1 Å². The lowest BCUT2D eigenvalue weighted by Gasteiger charge is -2.20. The predicted octanol–water partition coefficient (Wildman–Crippen LogP) is 4.46. The number of carbonyl (C=O) groups is 3. The van der Waals surface area contributed by atoms with Crippen molar-refractivity contribution >= 4 is 50.9 Å². The van der Waals surface area contributed by atoms with Crippen LogP contribution in [0, 0.1) is 5.92 Å². The second kappa shape index (κ2) is 11.2. The maximum atomic E-state index is 12.3. The molecule has 3 N–H and O–H groups in total. The fourth-order valence-corrected chi connectivity index (χ4v) is 4.08. The third-order valence-electron chi connectivity index (χ3n) is 4.96. The Labute approximate surface area is 194 Å².